The van der Waals surface area contributed by atoms with Gasteiger partial charge < -0.3 is 4.74 Å². The van der Waals surface area contributed by atoms with Gasteiger partial charge in [-0.15, -0.1) is 12.3 Å². The molecule has 0 aliphatic heterocycles. The largest absolute Gasteiger partial charge is 0.469 e. The summed E-state index contributed by atoms with van der Waals surface area (Å²) in [7, 11) is 1.40. The van der Waals surface area contributed by atoms with Gasteiger partial charge in [0.2, 0.25) is 0 Å². The fourth-order valence-electron chi connectivity index (χ4n) is 1.04. The molecular weight excluding hydrogens is 176 g/mol. The summed E-state index contributed by atoms with van der Waals surface area (Å²) >= 11 is 0. The molecule has 0 saturated carbocycles. The van der Waals surface area contributed by atoms with Crippen LogP contribution in [0.15, 0.2) is 12.2 Å². The molecule has 0 radical (unpaired) electrons. The number of carbonyl (C=O) groups excluding carboxylic acids is 1. The Morgan fingerprint density at radius 3 is 2.93 bits per heavy atom. The van der Waals surface area contributed by atoms with E-state index in [1.807, 2.05) is 6.08 Å². The van der Waals surface area contributed by atoms with E-state index in [1.165, 1.54) is 7.11 Å². The van der Waals surface area contributed by atoms with Crippen LogP contribution in [0.4, 0.5) is 0 Å². The first-order valence-electron chi connectivity index (χ1n) is 4.87. The molecule has 0 N–H and O–H groups in total. The van der Waals surface area contributed by atoms with Gasteiger partial charge in [0, 0.05) is 12.8 Å². The van der Waals surface area contributed by atoms with E-state index in [9.17, 15) is 4.79 Å². The lowest BCUT2D eigenvalue weighted by molar-refractivity contribution is -0.140. The fraction of sp³-hybridized carbons (Fsp3) is 0.583. The zero-order chi connectivity index (χ0) is 10.8. The Kier molecular flexibility index (Phi) is 7.64. The minimum atomic E-state index is -0.161. The van der Waals surface area contributed by atoms with Crippen LogP contribution in [-0.4, -0.2) is 13.1 Å². The van der Waals surface area contributed by atoms with Gasteiger partial charge in [-0.25, -0.2) is 0 Å². The van der Waals surface area contributed by atoms with E-state index in [2.05, 4.69) is 23.7 Å². The van der Waals surface area contributed by atoms with E-state index < -0.39 is 0 Å². The highest BCUT2D eigenvalue weighted by molar-refractivity contribution is 5.69. The molecule has 14 heavy (non-hydrogen) atoms. The Bertz CT molecular complexity index is 223. The van der Waals surface area contributed by atoms with Gasteiger partial charge in [0.1, 0.15) is 0 Å². The van der Waals surface area contributed by atoms with Crippen LogP contribution in [0.25, 0.3) is 0 Å². The van der Waals surface area contributed by atoms with Crippen molar-refractivity contribution in [3.05, 3.63) is 12.2 Å². The monoisotopic (exact) mass is 194 g/mol. The van der Waals surface area contributed by atoms with Gasteiger partial charge in [-0.3, -0.25) is 4.79 Å². The Morgan fingerprint density at radius 2 is 2.36 bits per heavy atom. The zero-order valence-electron chi connectivity index (χ0n) is 8.95. The molecule has 0 amide bonds. The molecule has 2 heteroatoms. The van der Waals surface area contributed by atoms with Gasteiger partial charge >= 0.3 is 5.97 Å². The number of allylic oxidation sites excluding steroid dienone is 2. The third-order valence-electron chi connectivity index (χ3n) is 1.95. The number of methoxy groups -OCH3 is 1. The molecule has 0 heterocycles. The van der Waals surface area contributed by atoms with Crippen molar-refractivity contribution in [2.24, 2.45) is 5.92 Å². The van der Waals surface area contributed by atoms with E-state index in [4.69, 9.17) is 6.42 Å². The minimum Gasteiger partial charge on any atom is -0.469 e. The Balaban J connectivity index is 3.52. The van der Waals surface area contributed by atoms with E-state index in [0.29, 0.717) is 12.3 Å². The molecule has 1 atom stereocenters. The Labute approximate surface area is 86.3 Å². The molecule has 2 nitrogen and oxygen atoms in total. The number of carbonyl (C=O) groups is 1. The Hall–Kier alpha value is -1.23. The van der Waals surface area contributed by atoms with Crippen LogP contribution in [0, 0.1) is 18.3 Å². The summed E-state index contributed by atoms with van der Waals surface area (Å²) in [5, 5.41) is 0. The van der Waals surface area contributed by atoms with E-state index in [-0.39, 0.29) is 5.97 Å². The van der Waals surface area contributed by atoms with Crippen molar-refractivity contribution in [3.63, 3.8) is 0 Å². The first-order chi connectivity index (χ1) is 6.70. The minimum absolute atomic E-state index is 0.161. The summed E-state index contributed by atoms with van der Waals surface area (Å²) in [5.74, 6) is 2.94. The van der Waals surface area contributed by atoms with Crippen molar-refractivity contribution in [1.29, 1.82) is 0 Å². The highest BCUT2D eigenvalue weighted by atomic mass is 16.5. The number of hydrogen-bond acceptors (Lipinski definition) is 2. The molecule has 78 valence electrons. The Morgan fingerprint density at radius 1 is 1.64 bits per heavy atom. The van der Waals surface area contributed by atoms with Gasteiger partial charge in [0.05, 0.1) is 7.11 Å². The predicted octanol–water partition coefficient (Wildman–Crippen LogP) is 2.55. The van der Waals surface area contributed by atoms with Crippen molar-refractivity contribution >= 4 is 5.97 Å². The lowest BCUT2D eigenvalue weighted by Gasteiger charge is -2.01. The summed E-state index contributed by atoms with van der Waals surface area (Å²) in [6, 6.07) is 0. The van der Waals surface area contributed by atoms with Crippen molar-refractivity contribution in [2.45, 2.75) is 32.6 Å². The first-order valence-corrected chi connectivity index (χ1v) is 4.87. The molecule has 0 spiro atoms. The number of esters is 1. The van der Waals surface area contributed by atoms with Crippen LogP contribution in [0.5, 0.6) is 0 Å². The predicted molar refractivity (Wildman–Crippen MR) is 57.6 cm³/mol. The molecule has 0 aliphatic rings. The van der Waals surface area contributed by atoms with E-state index in [1.54, 1.807) is 0 Å². The molecule has 0 aromatic heterocycles. The van der Waals surface area contributed by atoms with Crippen molar-refractivity contribution < 1.29 is 9.53 Å². The molecule has 0 rings (SSSR count). The average Bonchev–Trinajstić information content (AvgIpc) is 2.21. The van der Waals surface area contributed by atoms with Gasteiger partial charge in [-0.05, 0) is 18.8 Å². The van der Waals surface area contributed by atoms with Crippen LogP contribution < -0.4 is 0 Å². The topological polar surface area (TPSA) is 26.3 Å². The van der Waals surface area contributed by atoms with Gasteiger partial charge in [-0.2, -0.15) is 0 Å². The highest BCUT2D eigenvalue weighted by Crippen LogP contribution is 2.07. The third-order valence-corrected chi connectivity index (χ3v) is 1.95. The standard InChI is InChI=1S/C12H18O2/c1-4-5-8-11(2)9-6-7-10-12(13)14-3/h1,6,9,11H,5,7-8,10H2,2-3H3/b9-6+/t11-/m0/s1. The van der Waals surface area contributed by atoms with Crippen molar-refractivity contribution in [2.75, 3.05) is 7.11 Å². The number of terminal acetylenes is 1. The summed E-state index contributed by atoms with van der Waals surface area (Å²) in [4.78, 5) is 10.7. The molecule has 0 fully saturated rings. The molecular formula is C12H18O2. The number of rotatable bonds is 6. The molecule has 0 aromatic rings. The van der Waals surface area contributed by atoms with Crippen LogP contribution >= 0.6 is 0 Å². The maximum Gasteiger partial charge on any atom is 0.305 e. The van der Waals surface area contributed by atoms with Crippen molar-refractivity contribution in [3.8, 4) is 12.3 Å². The summed E-state index contributed by atoms with van der Waals surface area (Å²) < 4.78 is 4.52. The quantitative estimate of drug-likeness (QED) is 0.369. The molecule has 0 unspecified atom stereocenters. The highest BCUT2D eigenvalue weighted by Gasteiger charge is 1.97. The molecule has 0 aromatic carbocycles. The van der Waals surface area contributed by atoms with Crippen LogP contribution in [0.2, 0.25) is 0 Å². The number of hydrogen-bond donors (Lipinski definition) is 0. The van der Waals surface area contributed by atoms with Gasteiger partial charge in [-0.1, -0.05) is 19.1 Å². The summed E-state index contributed by atoms with van der Waals surface area (Å²) in [5.41, 5.74) is 0. The lowest BCUT2D eigenvalue weighted by atomic mass is 10.0. The van der Waals surface area contributed by atoms with Crippen molar-refractivity contribution in [1.82, 2.24) is 0 Å². The van der Waals surface area contributed by atoms with E-state index >= 15 is 0 Å². The van der Waals surface area contributed by atoms with Crippen LogP contribution in [0.1, 0.15) is 32.6 Å². The summed E-state index contributed by atoms with van der Waals surface area (Å²) in [6.07, 6.45) is 12.3. The molecule has 0 bridgehead atoms. The maximum absolute atomic E-state index is 10.7. The van der Waals surface area contributed by atoms with Gasteiger partial charge in [0.25, 0.3) is 0 Å². The third kappa shape index (κ3) is 7.42. The SMILES string of the molecule is C#CCC[C@H](C)/C=C/CCC(=O)OC. The average molecular weight is 194 g/mol. The molecule has 0 aliphatic carbocycles. The van der Waals surface area contributed by atoms with Gasteiger partial charge in [0.15, 0.2) is 0 Å². The second-order valence-corrected chi connectivity index (χ2v) is 3.26. The normalized spacial score (nSPS) is 12.4. The van der Waals surface area contributed by atoms with E-state index in [0.717, 1.165) is 19.3 Å². The summed E-state index contributed by atoms with van der Waals surface area (Å²) in [6.45, 7) is 2.12. The van der Waals surface area contributed by atoms with Crippen LogP contribution in [-0.2, 0) is 9.53 Å². The van der Waals surface area contributed by atoms with Crippen LogP contribution in [0.3, 0.4) is 0 Å². The first kappa shape index (κ1) is 12.8. The second-order valence-electron chi connectivity index (χ2n) is 3.26. The molecule has 0 saturated heterocycles. The fourth-order valence-corrected chi connectivity index (χ4v) is 1.04. The zero-order valence-corrected chi connectivity index (χ0v) is 8.95. The number of ether oxygens (including phenoxy) is 1. The maximum atomic E-state index is 10.7. The second kappa shape index (κ2) is 8.37. The lowest BCUT2D eigenvalue weighted by Crippen LogP contribution is -1.98. The smallest absolute Gasteiger partial charge is 0.305 e.